The van der Waals surface area contributed by atoms with Gasteiger partial charge < -0.3 is 0 Å². The number of hydrogen-bond donors (Lipinski definition) is 0. The van der Waals surface area contributed by atoms with Gasteiger partial charge in [0.2, 0.25) is 0 Å². The van der Waals surface area contributed by atoms with Gasteiger partial charge >= 0.3 is 0 Å². The molecule has 1 aromatic heterocycles. The van der Waals surface area contributed by atoms with E-state index in [1.165, 1.54) is 12.1 Å². The molecule has 0 amide bonds. The van der Waals surface area contributed by atoms with Crippen LogP contribution in [0.3, 0.4) is 0 Å². The van der Waals surface area contributed by atoms with Crippen LogP contribution in [0.5, 0.6) is 0 Å². The highest BCUT2D eigenvalue weighted by Gasteiger charge is 2.16. The van der Waals surface area contributed by atoms with Gasteiger partial charge in [-0.2, -0.15) is 5.26 Å². The van der Waals surface area contributed by atoms with Crippen molar-refractivity contribution in [1.29, 1.82) is 5.26 Å². The van der Waals surface area contributed by atoms with Gasteiger partial charge in [-0.3, -0.25) is 4.98 Å². The zero-order valence-corrected chi connectivity index (χ0v) is 14.1. The molecular weight excluding hydrogens is 339 g/mol. The number of pyridine rings is 1. The summed E-state index contributed by atoms with van der Waals surface area (Å²) < 4.78 is 37.4. The second-order valence-corrected chi connectivity index (χ2v) is 7.49. The van der Waals surface area contributed by atoms with Crippen molar-refractivity contribution in [2.75, 3.05) is 6.26 Å². The van der Waals surface area contributed by atoms with Crippen LogP contribution >= 0.6 is 0 Å². The number of aromatic nitrogens is 1. The molecule has 4 nitrogen and oxygen atoms in total. The van der Waals surface area contributed by atoms with E-state index >= 15 is 0 Å². The Balaban J connectivity index is 2.17. The van der Waals surface area contributed by atoms with Crippen molar-refractivity contribution in [3.05, 3.63) is 72.2 Å². The van der Waals surface area contributed by atoms with Gasteiger partial charge in [-0.05, 0) is 35.9 Å². The van der Waals surface area contributed by atoms with Crippen LogP contribution in [0.4, 0.5) is 4.39 Å². The van der Waals surface area contributed by atoms with Gasteiger partial charge in [0, 0.05) is 23.6 Å². The monoisotopic (exact) mass is 352 g/mol. The molecule has 0 N–H and O–H groups in total. The summed E-state index contributed by atoms with van der Waals surface area (Å²) in [4.78, 5) is 3.97. The SMILES string of the molecule is CS(=O)(=O)c1ccc(-c2ncccc2-c2cccc(C#N)c2)cc1F. The summed E-state index contributed by atoms with van der Waals surface area (Å²) in [7, 11) is -3.64. The van der Waals surface area contributed by atoms with Crippen molar-refractivity contribution >= 4 is 9.84 Å². The number of hydrogen-bond acceptors (Lipinski definition) is 4. The molecule has 124 valence electrons. The van der Waals surface area contributed by atoms with E-state index in [9.17, 15) is 12.8 Å². The maximum atomic E-state index is 14.2. The van der Waals surface area contributed by atoms with E-state index < -0.39 is 15.7 Å². The van der Waals surface area contributed by atoms with E-state index in [-0.39, 0.29) is 4.90 Å². The van der Waals surface area contributed by atoms with E-state index in [4.69, 9.17) is 5.26 Å². The van der Waals surface area contributed by atoms with E-state index in [1.54, 1.807) is 30.5 Å². The number of rotatable bonds is 3. The minimum atomic E-state index is -3.64. The van der Waals surface area contributed by atoms with Crippen molar-refractivity contribution in [2.24, 2.45) is 0 Å². The first-order chi connectivity index (χ1) is 11.9. The first-order valence-electron chi connectivity index (χ1n) is 7.35. The minimum absolute atomic E-state index is 0.347. The average Bonchev–Trinajstić information content (AvgIpc) is 2.60. The summed E-state index contributed by atoms with van der Waals surface area (Å²) in [5.41, 5.74) is 2.98. The van der Waals surface area contributed by atoms with E-state index in [1.807, 2.05) is 12.1 Å². The van der Waals surface area contributed by atoms with E-state index in [2.05, 4.69) is 11.1 Å². The van der Waals surface area contributed by atoms with Crippen LogP contribution in [0.15, 0.2) is 65.7 Å². The van der Waals surface area contributed by atoms with Crippen LogP contribution in [0.1, 0.15) is 5.56 Å². The van der Waals surface area contributed by atoms with Crippen molar-refractivity contribution < 1.29 is 12.8 Å². The third-order valence-electron chi connectivity index (χ3n) is 3.72. The third kappa shape index (κ3) is 3.42. The molecule has 3 aromatic rings. The largest absolute Gasteiger partial charge is 0.256 e. The third-order valence-corrected chi connectivity index (χ3v) is 4.85. The number of nitrogens with zero attached hydrogens (tertiary/aromatic N) is 2. The average molecular weight is 352 g/mol. The molecule has 0 saturated carbocycles. The number of sulfone groups is 1. The molecule has 0 spiro atoms. The van der Waals surface area contributed by atoms with E-state index in [0.717, 1.165) is 23.4 Å². The fourth-order valence-corrected chi connectivity index (χ4v) is 3.30. The molecule has 0 radical (unpaired) electrons. The lowest BCUT2D eigenvalue weighted by molar-refractivity contribution is 0.571. The van der Waals surface area contributed by atoms with Crippen molar-refractivity contribution in [3.63, 3.8) is 0 Å². The van der Waals surface area contributed by atoms with Crippen LogP contribution in [-0.2, 0) is 9.84 Å². The van der Waals surface area contributed by atoms with Crippen LogP contribution in [0, 0.1) is 17.1 Å². The number of nitriles is 1. The molecule has 6 heteroatoms. The smallest absolute Gasteiger partial charge is 0.178 e. The molecule has 2 aromatic carbocycles. The summed E-state index contributed by atoms with van der Waals surface area (Å²) in [6.07, 6.45) is 2.54. The standard InChI is InChI=1S/C19H13FN2O2S/c1-25(23,24)18-8-7-15(11-17(18)20)19-16(6-3-9-22-19)14-5-2-4-13(10-14)12-21/h2-11H,1H3. The summed E-state index contributed by atoms with van der Waals surface area (Å²) in [5, 5.41) is 9.07. The Morgan fingerprint density at radius 1 is 1.04 bits per heavy atom. The van der Waals surface area contributed by atoms with Gasteiger partial charge in [0.25, 0.3) is 0 Å². The Labute approximate surface area is 145 Å². The topological polar surface area (TPSA) is 70.8 Å². The summed E-state index contributed by atoms with van der Waals surface area (Å²) in [5.74, 6) is -0.817. The molecule has 0 bridgehead atoms. The van der Waals surface area contributed by atoms with Crippen LogP contribution in [0.2, 0.25) is 0 Å². The molecule has 0 aliphatic heterocycles. The predicted molar refractivity (Wildman–Crippen MR) is 92.9 cm³/mol. The van der Waals surface area contributed by atoms with Crippen LogP contribution in [0.25, 0.3) is 22.4 Å². The zero-order valence-electron chi connectivity index (χ0n) is 13.3. The van der Waals surface area contributed by atoms with Gasteiger partial charge in [-0.1, -0.05) is 24.3 Å². The molecule has 0 unspecified atom stereocenters. The lowest BCUT2D eigenvalue weighted by Crippen LogP contribution is -2.01. The Morgan fingerprint density at radius 3 is 2.52 bits per heavy atom. The van der Waals surface area contributed by atoms with Crippen LogP contribution in [-0.4, -0.2) is 19.7 Å². The molecular formula is C19H13FN2O2S. The van der Waals surface area contributed by atoms with Crippen molar-refractivity contribution in [2.45, 2.75) is 4.90 Å². The van der Waals surface area contributed by atoms with Crippen molar-refractivity contribution in [3.8, 4) is 28.5 Å². The van der Waals surface area contributed by atoms with Gasteiger partial charge in [0.15, 0.2) is 9.84 Å². The summed E-state index contributed by atoms with van der Waals surface area (Å²) >= 11 is 0. The maximum Gasteiger partial charge on any atom is 0.178 e. The van der Waals surface area contributed by atoms with Gasteiger partial charge in [0.1, 0.15) is 10.7 Å². The lowest BCUT2D eigenvalue weighted by atomic mass is 9.98. The fourth-order valence-electron chi connectivity index (χ4n) is 2.57. The number of halogens is 1. The molecule has 0 saturated heterocycles. The predicted octanol–water partition coefficient (Wildman–Crippen LogP) is 3.83. The molecule has 1 heterocycles. The minimum Gasteiger partial charge on any atom is -0.256 e. The van der Waals surface area contributed by atoms with Crippen molar-refractivity contribution in [1.82, 2.24) is 4.98 Å². The summed E-state index contributed by atoms with van der Waals surface area (Å²) in [6, 6.07) is 16.6. The molecule has 25 heavy (non-hydrogen) atoms. The maximum absolute atomic E-state index is 14.2. The highest BCUT2D eigenvalue weighted by Crippen LogP contribution is 2.32. The lowest BCUT2D eigenvalue weighted by Gasteiger charge is -2.10. The van der Waals surface area contributed by atoms with E-state index in [0.29, 0.717) is 16.8 Å². The number of benzene rings is 2. The molecule has 0 aliphatic rings. The Kier molecular flexibility index (Phi) is 4.34. The fraction of sp³-hybridized carbons (Fsp3) is 0.0526. The van der Waals surface area contributed by atoms with Gasteiger partial charge in [-0.25, -0.2) is 12.8 Å². The Bertz CT molecular complexity index is 1100. The van der Waals surface area contributed by atoms with Gasteiger partial charge in [0.05, 0.1) is 17.3 Å². The first kappa shape index (κ1) is 16.8. The Morgan fingerprint density at radius 2 is 1.84 bits per heavy atom. The highest BCUT2D eigenvalue weighted by molar-refractivity contribution is 7.90. The zero-order chi connectivity index (χ0) is 18.0. The second kappa shape index (κ2) is 6.46. The second-order valence-electron chi connectivity index (χ2n) is 5.51. The molecule has 3 rings (SSSR count). The highest BCUT2D eigenvalue weighted by atomic mass is 32.2. The molecule has 0 aliphatic carbocycles. The van der Waals surface area contributed by atoms with Crippen LogP contribution < -0.4 is 0 Å². The summed E-state index contributed by atoms with van der Waals surface area (Å²) in [6.45, 7) is 0. The normalized spacial score (nSPS) is 11.1. The van der Waals surface area contributed by atoms with Gasteiger partial charge in [-0.15, -0.1) is 0 Å². The molecule has 0 fully saturated rings. The molecule has 0 atom stereocenters. The quantitative estimate of drug-likeness (QED) is 0.718. The Hall–Kier alpha value is -3.04. The first-order valence-corrected chi connectivity index (χ1v) is 9.25.